The Morgan fingerprint density at radius 3 is 1.52 bits per heavy atom. The fourth-order valence-corrected chi connectivity index (χ4v) is 2.81. The van der Waals surface area contributed by atoms with Gasteiger partial charge in [0.05, 0.1) is 46.0 Å². The molecule has 0 unspecified atom stereocenters. The van der Waals surface area contributed by atoms with E-state index in [2.05, 4.69) is 0 Å². The molecule has 9 heteroatoms. The summed E-state index contributed by atoms with van der Waals surface area (Å²) in [5, 5.41) is 22.4. The van der Waals surface area contributed by atoms with E-state index >= 15 is 0 Å². The number of rotatable bonds is 6. The maximum atomic E-state index is 11.2. The Morgan fingerprint density at radius 1 is 0.826 bits per heavy atom. The highest BCUT2D eigenvalue weighted by molar-refractivity contribution is 7.99. The van der Waals surface area contributed by atoms with Gasteiger partial charge in [-0.05, 0) is 24.3 Å². The molecular formula is C14H12N2O6S. The summed E-state index contributed by atoms with van der Waals surface area (Å²) in [6.45, 7) is 0. The van der Waals surface area contributed by atoms with Crippen molar-refractivity contribution in [3.8, 4) is 11.5 Å². The van der Waals surface area contributed by atoms with Gasteiger partial charge in [0.25, 0.3) is 11.4 Å². The molecule has 120 valence electrons. The van der Waals surface area contributed by atoms with Crippen molar-refractivity contribution in [3.05, 3.63) is 56.6 Å². The summed E-state index contributed by atoms with van der Waals surface area (Å²) < 4.78 is 9.93. The average Bonchev–Trinajstić information content (AvgIpc) is 2.55. The van der Waals surface area contributed by atoms with Gasteiger partial charge in [0, 0.05) is 0 Å². The zero-order chi connectivity index (χ0) is 17.0. The second kappa shape index (κ2) is 6.97. The number of hydrogen-bond donors (Lipinski definition) is 0. The van der Waals surface area contributed by atoms with E-state index in [1.807, 2.05) is 0 Å². The van der Waals surface area contributed by atoms with Crippen LogP contribution in [0.1, 0.15) is 0 Å². The Balaban J connectivity index is 2.47. The molecule has 0 N–H and O–H groups in total. The lowest BCUT2D eigenvalue weighted by Gasteiger charge is -2.07. The molecular weight excluding hydrogens is 324 g/mol. The molecule has 23 heavy (non-hydrogen) atoms. The van der Waals surface area contributed by atoms with Gasteiger partial charge in [0.2, 0.25) is 0 Å². The predicted octanol–water partition coefficient (Wildman–Crippen LogP) is 3.67. The van der Waals surface area contributed by atoms with Crippen molar-refractivity contribution < 1.29 is 19.3 Å². The van der Waals surface area contributed by atoms with Crippen LogP contribution in [0, 0.1) is 20.2 Å². The summed E-state index contributed by atoms with van der Waals surface area (Å²) in [6.07, 6.45) is 0. The summed E-state index contributed by atoms with van der Waals surface area (Å²) in [5.74, 6) is 0.676. The van der Waals surface area contributed by atoms with Crippen molar-refractivity contribution in [3.63, 3.8) is 0 Å². The minimum atomic E-state index is -0.555. The molecule has 8 nitrogen and oxygen atoms in total. The molecule has 0 fully saturated rings. The van der Waals surface area contributed by atoms with Crippen molar-refractivity contribution >= 4 is 23.1 Å². The normalized spacial score (nSPS) is 10.2. The first kappa shape index (κ1) is 16.6. The van der Waals surface area contributed by atoms with Crippen molar-refractivity contribution in [2.45, 2.75) is 9.79 Å². The molecule has 0 heterocycles. The Kier molecular flexibility index (Phi) is 5.02. The van der Waals surface area contributed by atoms with Crippen LogP contribution in [0.5, 0.6) is 11.5 Å². The molecule has 0 radical (unpaired) electrons. The molecule has 0 atom stereocenters. The van der Waals surface area contributed by atoms with Gasteiger partial charge in [0.1, 0.15) is 11.5 Å². The van der Waals surface area contributed by atoms with Crippen LogP contribution < -0.4 is 9.47 Å². The topological polar surface area (TPSA) is 105 Å². The minimum Gasteiger partial charge on any atom is -0.497 e. The second-order valence-corrected chi connectivity index (χ2v) is 5.37. The lowest BCUT2D eigenvalue weighted by Crippen LogP contribution is -1.95. The highest BCUT2D eigenvalue weighted by Gasteiger charge is 2.21. The maximum absolute atomic E-state index is 11.2. The highest BCUT2D eigenvalue weighted by Crippen LogP contribution is 2.41. The molecule has 0 saturated heterocycles. The molecule has 2 rings (SSSR count). The summed E-state index contributed by atoms with van der Waals surface area (Å²) >= 11 is 0.941. The van der Waals surface area contributed by atoms with Crippen LogP contribution in [0.2, 0.25) is 0 Å². The van der Waals surface area contributed by atoms with Gasteiger partial charge in [-0.15, -0.1) is 0 Å². The van der Waals surface area contributed by atoms with E-state index in [9.17, 15) is 20.2 Å². The van der Waals surface area contributed by atoms with Crippen molar-refractivity contribution in [2.24, 2.45) is 0 Å². The second-order valence-electron chi connectivity index (χ2n) is 4.28. The van der Waals surface area contributed by atoms with Gasteiger partial charge in [-0.3, -0.25) is 20.2 Å². The van der Waals surface area contributed by atoms with E-state index < -0.39 is 9.85 Å². The Hall–Kier alpha value is -2.81. The molecule has 0 aromatic heterocycles. The first-order valence-electron chi connectivity index (χ1n) is 6.29. The van der Waals surface area contributed by atoms with Crippen LogP contribution >= 0.6 is 11.8 Å². The SMILES string of the molecule is COc1ccc(Sc2ccc(OC)cc2[N+](=O)[O-])c([N+](=O)[O-])c1. The third-order valence-electron chi connectivity index (χ3n) is 2.95. The van der Waals surface area contributed by atoms with Crippen molar-refractivity contribution in [2.75, 3.05) is 14.2 Å². The fourth-order valence-electron chi connectivity index (χ4n) is 1.82. The number of nitro groups is 2. The van der Waals surface area contributed by atoms with Gasteiger partial charge >= 0.3 is 0 Å². The first-order chi connectivity index (χ1) is 11.0. The molecule has 0 bridgehead atoms. The van der Waals surface area contributed by atoms with Gasteiger partial charge in [-0.1, -0.05) is 11.8 Å². The molecule has 2 aromatic carbocycles. The Bertz CT molecular complexity index is 701. The van der Waals surface area contributed by atoms with Gasteiger partial charge < -0.3 is 9.47 Å². The van der Waals surface area contributed by atoms with Crippen LogP contribution in [0.4, 0.5) is 11.4 Å². The molecule has 0 aliphatic rings. The zero-order valence-electron chi connectivity index (χ0n) is 12.2. The van der Waals surface area contributed by atoms with E-state index in [-0.39, 0.29) is 21.2 Å². The summed E-state index contributed by atoms with van der Waals surface area (Å²) in [7, 11) is 2.81. The molecule has 0 amide bonds. The van der Waals surface area contributed by atoms with Crippen molar-refractivity contribution in [1.29, 1.82) is 0 Å². The number of hydrogen-bond acceptors (Lipinski definition) is 7. The number of methoxy groups -OCH3 is 2. The molecule has 0 aliphatic heterocycles. The minimum absolute atomic E-state index is 0.181. The van der Waals surface area contributed by atoms with Crippen LogP contribution in [0.3, 0.4) is 0 Å². The summed E-state index contributed by atoms with van der Waals surface area (Å²) in [6, 6.07) is 8.66. The third kappa shape index (κ3) is 3.69. The van der Waals surface area contributed by atoms with Crippen LogP contribution in [0.25, 0.3) is 0 Å². The largest absolute Gasteiger partial charge is 0.497 e. The van der Waals surface area contributed by atoms with Crippen LogP contribution in [-0.4, -0.2) is 24.1 Å². The quantitative estimate of drug-likeness (QED) is 0.585. The molecule has 2 aromatic rings. The molecule has 0 spiro atoms. The van der Waals surface area contributed by atoms with E-state index in [4.69, 9.17) is 9.47 Å². The zero-order valence-corrected chi connectivity index (χ0v) is 13.0. The van der Waals surface area contributed by atoms with Gasteiger partial charge in [0.15, 0.2) is 0 Å². The monoisotopic (exact) mass is 336 g/mol. The van der Waals surface area contributed by atoms with E-state index in [1.54, 1.807) is 12.1 Å². The Morgan fingerprint density at radius 2 is 1.22 bits per heavy atom. The van der Waals surface area contributed by atoms with Crippen LogP contribution in [-0.2, 0) is 0 Å². The van der Waals surface area contributed by atoms with Crippen LogP contribution in [0.15, 0.2) is 46.2 Å². The average molecular weight is 336 g/mol. The fraction of sp³-hybridized carbons (Fsp3) is 0.143. The van der Waals surface area contributed by atoms with E-state index in [1.165, 1.54) is 38.5 Å². The summed E-state index contributed by atoms with van der Waals surface area (Å²) in [5.41, 5.74) is -0.362. The summed E-state index contributed by atoms with van der Waals surface area (Å²) in [4.78, 5) is 21.8. The van der Waals surface area contributed by atoms with E-state index in [0.717, 1.165) is 11.8 Å². The number of nitro benzene ring substituents is 2. The number of nitrogens with zero attached hydrogens (tertiary/aromatic N) is 2. The number of ether oxygens (including phenoxy) is 2. The Labute approximate surface area is 135 Å². The van der Waals surface area contributed by atoms with Crippen molar-refractivity contribution in [1.82, 2.24) is 0 Å². The molecule has 0 saturated carbocycles. The van der Waals surface area contributed by atoms with E-state index in [0.29, 0.717) is 11.5 Å². The standard InChI is InChI=1S/C14H12N2O6S/c1-21-9-3-5-13(11(7-9)15(17)18)23-14-6-4-10(22-2)8-12(14)16(19)20/h3-8H,1-2H3. The predicted molar refractivity (Wildman–Crippen MR) is 83.4 cm³/mol. The lowest BCUT2D eigenvalue weighted by molar-refractivity contribution is -0.388. The van der Waals surface area contributed by atoms with Gasteiger partial charge in [-0.2, -0.15) is 0 Å². The first-order valence-corrected chi connectivity index (χ1v) is 7.10. The maximum Gasteiger partial charge on any atom is 0.286 e. The smallest absolute Gasteiger partial charge is 0.286 e. The lowest BCUT2D eigenvalue weighted by atomic mass is 10.3. The number of benzene rings is 2. The highest BCUT2D eigenvalue weighted by atomic mass is 32.2. The third-order valence-corrected chi connectivity index (χ3v) is 4.08. The van der Waals surface area contributed by atoms with Gasteiger partial charge in [-0.25, -0.2) is 0 Å². The molecule has 0 aliphatic carbocycles.